The van der Waals surface area contributed by atoms with Crippen LogP contribution in [0.2, 0.25) is 0 Å². The third kappa shape index (κ3) is 2.17. The summed E-state index contributed by atoms with van der Waals surface area (Å²) < 4.78 is 0. The van der Waals surface area contributed by atoms with Crippen LogP contribution in [0.3, 0.4) is 0 Å². The Morgan fingerprint density at radius 2 is 2.31 bits per heavy atom. The Kier molecular flexibility index (Phi) is 2.82. The molecule has 1 heterocycles. The molecule has 0 amide bonds. The highest BCUT2D eigenvalue weighted by atomic mass is 32.1. The molecule has 0 atom stereocenters. The van der Waals surface area contributed by atoms with E-state index < -0.39 is 4.92 Å². The number of nitrogens with one attached hydrogen (secondary N) is 1. The smallest absolute Gasteiger partial charge is 0.269 e. The highest BCUT2D eigenvalue weighted by Gasteiger charge is 2.08. The molecule has 0 aliphatic heterocycles. The Labute approximate surface area is 95.9 Å². The minimum absolute atomic E-state index is 0.0992. The van der Waals surface area contributed by atoms with Crippen molar-refractivity contribution in [3.63, 3.8) is 0 Å². The number of hydrogen-bond acceptors (Lipinski definition) is 5. The lowest BCUT2D eigenvalue weighted by Gasteiger charge is -2.05. The van der Waals surface area contributed by atoms with E-state index in [0.717, 1.165) is 16.4 Å². The summed E-state index contributed by atoms with van der Waals surface area (Å²) in [5.41, 5.74) is 1.76. The van der Waals surface area contributed by atoms with Gasteiger partial charge in [0.25, 0.3) is 5.69 Å². The van der Waals surface area contributed by atoms with Gasteiger partial charge in [-0.2, -0.15) is 0 Å². The van der Waals surface area contributed by atoms with Gasteiger partial charge in [-0.3, -0.25) is 10.1 Å². The van der Waals surface area contributed by atoms with Crippen LogP contribution < -0.4 is 5.32 Å². The second-order valence-electron chi connectivity index (χ2n) is 3.22. The maximum absolute atomic E-state index is 10.6. The van der Waals surface area contributed by atoms with Gasteiger partial charge in [0.2, 0.25) is 0 Å². The topological polar surface area (TPSA) is 68.1 Å². The minimum atomic E-state index is -0.403. The molecule has 0 fully saturated rings. The predicted octanol–water partition coefficient (Wildman–Crippen LogP) is 3.10. The summed E-state index contributed by atoms with van der Waals surface area (Å²) in [4.78, 5) is 14.2. The van der Waals surface area contributed by atoms with Gasteiger partial charge in [-0.15, -0.1) is 11.3 Å². The molecule has 0 radical (unpaired) electrons. The van der Waals surface area contributed by atoms with E-state index in [1.807, 2.05) is 12.3 Å². The summed E-state index contributed by atoms with van der Waals surface area (Å²) in [5, 5.41) is 16.3. The first-order valence-corrected chi connectivity index (χ1v) is 5.46. The molecule has 0 aliphatic carbocycles. The van der Waals surface area contributed by atoms with Gasteiger partial charge in [0.05, 0.1) is 4.92 Å². The molecular weight excluding hydrogens is 226 g/mol. The number of anilines is 2. The van der Waals surface area contributed by atoms with Gasteiger partial charge in [0.15, 0.2) is 5.13 Å². The van der Waals surface area contributed by atoms with Crippen molar-refractivity contribution >= 4 is 27.8 Å². The van der Waals surface area contributed by atoms with Crippen LogP contribution >= 0.6 is 11.3 Å². The van der Waals surface area contributed by atoms with Gasteiger partial charge in [0.1, 0.15) is 0 Å². The second-order valence-corrected chi connectivity index (χ2v) is 4.11. The molecule has 0 saturated heterocycles. The SMILES string of the molecule is Cc1cc([N+](=O)[O-])ccc1Nc1nccs1. The number of non-ortho nitro benzene ring substituents is 1. The molecule has 0 aliphatic rings. The minimum Gasteiger partial charge on any atom is -0.331 e. The van der Waals surface area contributed by atoms with E-state index in [1.54, 1.807) is 12.3 Å². The third-order valence-corrected chi connectivity index (χ3v) is 2.78. The number of nitro groups is 1. The molecule has 0 spiro atoms. The number of rotatable bonds is 3. The van der Waals surface area contributed by atoms with E-state index in [0.29, 0.717) is 0 Å². The highest BCUT2D eigenvalue weighted by Crippen LogP contribution is 2.25. The number of nitro benzene ring substituents is 1. The van der Waals surface area contributed by atoms with Gasteiger partial charge in [0, 0.05) is 29.4 Å². The number of hydrogen-bond donors (Lipinski definition) is 1. The van der Waals surface area contributed by atoms with Gasteiger partial charge in [-0.25, -0.2) is 4.98 Å². The van der Waals surface area contributed by atoms with E-state index in [9.17, 15) is 10.1 Å². The fraction of sp³-hybridized carbons (Fsp3) is 0.100. The lowest BCUT2D eigenvalue weighted by molar-refractivity contribution is -0.384. The summed E-state index contributed by atoms with van der Waals surface area (Å²) in [6, 6.07) is 4.70. The van der Waals surface area contributed by atoms with Crippen molar-refractivity contribution in [1.82, 2.24) is 4.98 Å². The number of aryl methyl sites for hydroxylation is 1. The zero-order valence-electron chi connectivity index (χ0n) is 8.51. The Hall–Kier alpha value is -1.95. The van der Waals surface area contributed by atoms with E-state index in [-0.39, 0.29) is 5.69 Å². The van der Waals surface area contributed by atoms with Crippen molar-refractivity contribution in [2.24, 2.45) is 0 Å². The average molecular weight is 235 g/mol. The van der Waals surface area contributed by atoms with Crippen molar-refractivity contribution in [3.05, 3.63) is 45.5 Å². The van der Waals surface area contributed by atoms with Gasteiger partial charge in [-0.05, 0) is 18.6 Å². The second kappa shape index (κ2) is 4.28. The number of aromatic nitrogens is 1. The van der Waals surface area contributed by atoms with Crippen LogP contribution in [-0.2, 0) is 0 Å². The first-order valence-electron chi connectivity index (χ1n) is 4.58. The molecule has 5 nitrogen and oxygen atoms in total. The molecule has 0 saturated carbocycles. The van der Waals surface area contributed by atoms with Crippen molar-refractivity contribution in [3.8, 4) is 0 Å². The van der Waals surface area contributed by atoms with Crippen LogP contribution in [0.25, 0.3) is 0 Å². The zero-order valence-corrected chi connectivity index (χ0v) is 9.32. The van der Waals surface area contributed by atoms with Gasteiger partial charge >= 0.3 is 0 Å². The summed E-state index contributed by atoms with van der Waals surface area (Å²) in [5.74, 6) is 0. The van der Waals surface area contributed by atoms with Crippen LogP contribution in [0.5, 0.6) is 0 Å². The van der Waals surface area contributed by atoms with E-state index >= 15 is 0 Å². The standard InChI is InChI=1S/C10H9N3O2S/c1-7-6-8(13(14)15)2-3-9(7)12-10-11-4-5-16-10/h2-6H,1H3,(H,11,12). The van der Waals surface area contributed by atoms with Crippen LogP contribution in [0.1, 0.15) is 5.56 Å². The van der Waals surface area contributed by atoms with Crippen molar-refractivity contribution in [1.29, 1.82) is 0 Å². The normalized spacial score (nSPS) is 10.1. The fourth-order valence-corrected chi connectivity index (χ4v) is 1.84. The molecule has 2 rings (SSSR count). The van der Waals surface area contributed by atoms with Crippen molar-refractivity contribution in [2.45, 2.75) is 6.92 Å². The third-order valence-electron chi connectivity index (χ3n) is 2.09. The number of thiazole rings is 1. The summed E-state index contributed by atoms with van der Waals surface area (Å²) >= 11 is 1.48. The first-order chi connectivity index (χ1) is 7.66. The molecule has 1 aromatic carbocycles. The van der Waals surface area contributed by atoms with Crippen LogP contribution in [0, 0.1) is 17.0 Å². The molecule has 16 heavy (non-hydrogen) atoms. The predicted molar refractivity (Wildman–Crippen MR) is 63.2 cm³/mol. The molecule has 1 N–H and O–H groups in total. The van der Waals surface area contributed by atoms with E-state index in [2.05, 4.69) is 10.3 Å². The largest absolute Gasteiger partial charge is 0.331 e. The Morgan fingerprint density at radius 1 is 1.50 bits per heavy atom. The van der Waals surface area contributed by atoms with Gasteiger partial charge in [-0.1, -0.05) is 0 Å². The van der Waals surface area contributed by atoms with Crippen LogP contribution in [0.4, 0.5) is 16.5 Å². The van der Waals surface area contributed by atoms with Crippen molar-refractivity contribution in [2.75, 3.05) is 5.32 Å². The maximum Gasteiger partial charge on any atom is 0.269 e. The Balaban J connectivity index is 2.26. The summed E-state index contributed by atoms with van der Waals surface area (Å²) in [7, 11) is 0. The maximum atomic E-state index is 10.6. The van der Waals surface area contributed by atoms with Crippen molar-refractivity contribution < 1.29 is 4.92 Å². The molecule has 2 aromatic rings. The molecule has 0 bridgehead atoms. The average Bonchev–Trinajstić information content (AvgIpc) is 2.73. The molecule has 82 valence electrons. The number of benzene rings is 1. The zero-order chi connectivity index (χ0) is 11.5. The summed E-state index contributed by atoms with van der Waals surface area (Å²) in [6.07, 6.45) is 1.70. The lowest BCUT2D eigenvalue weighted by atomic mass is 10.2. The van der Waals surface area contributed by atoms with Crippen LogP contribution in [-0.4, -0.2) is 9.91 Å². The summed E-state index contributed by atoms with van der Waals surface area (Å²) in [6.45, 7) is 1.82. The quantitative estimate of drug-likeness (QED) is 0.655. The Bertz CT molecular complexity index is 511. The Morgan fingerprint density at radius 3 is 2.88 bits per heavy atom. The monoisotopic (exact) mass is 235 g/mol. The molecule has 0 unspecified atom stereocenters. The lowest BCUT2D eigenvalue weighted by Crippen LogP contribution is -1.94. The van der Waals surface area contributed by atoms with E-state index in [1.165, 1.54) is 23.5 Å². The fourth-order valence-electron chi connectivity index (χ4n) is 1.30. The van der Waals surface area contributed by atoms with Gasteiger partial charge < -0.3 is 5.32 Å². The highest BCUT2D eigenvalue weighted by molar-refractivity contribution is 7.13. The molecule has 1 aromatic heterocycles. The molecular formula is C10H9N3O2S. The first kappa shape index (κ1) is 10.6. The number of nitrogens with zero attached hydrogens (tertiary/aromatic N) is 2. The van der Waals surface area contributed by atoms with E-state index in [4.69, 9.17) is 0 Å². The molecule has 6 heteroatoms. The van der Waals surface area contributed by atoms with Crippen LogP contribution in [0.15, 0.2) is 29.8 Å².